The molecular weight excluding hydrogens is 263 g/mol. The van der Waals surface area contributed by atoms with Gasteiger partial charge in [0.15, 0.2) is 0 Å². The summed E-state index contributed by atoms with van der Waals surface area (Å²) in [6, 6.07) is 5.16. The molecule has 0 heterocycles. The van der Waals surface area contributed by atoms with Crippen LogP contribution in [0.1, 0.15) is 46.6 Å². The molecule has 0 saturated heterocycles. The van der Waals surface area contributed by atoms with Crippen LogP contribution >= 0.6 is 0 Å². The van der Waals surface area contributed by atoms with Gasteiger partial charge in [0.2, 0.25) is 0 Å². The SMILES string of the molecule is CCC(C)CN(CC)c1ccc(F)cc1CNCC(C)C. The standard InChI is InChI=1S/C18H31FN2/c1-6-15(5)13-21(7-2)18-9-8-17(19)10-16(18)12-20-11-14(3)4/h8-10,14-15,20H,6-7,11-13H2,1-5H3. The smallest absolute Gasteiger partial charge is 0.123 e. The van der Waals surface area contributed by atoms with Gasteiger partial charge in [-0.2, -0.15) is 0 Å². The molecule has 21 heavy (non-hydrogen) atoms. The van der Waals surface area contributed by atoms with Crippen molar-refractivity contribution in [2.75, 3.05) is 24.5 Å². The molecule has 0 saturated carbocycles. The number of halogens is 1. The third-order valence-electron chi connectivity index (χ3n) is 3.86. The molecule has 1 N–H and O–H groups in total. The summed E-state index contributed by atoms with van der Waals surface area (Å²) in [6.07, 6.45) is 1.17. The van der Waals surface area contributed by atoms with Crippen LogP contribution in [0.5, 0.6) is 0 Å². The van der Waals surface area contributed by atoms with Crippen molar-refractivity contribution in [2.45, 2.75) is 47.6 Å². The molecule has 1 rings (SSSR count). The van der Waals surface area contributed by atoms with Gasteiger partial charge in [-0.15, -0.1) is 0 Å². The first-order valence-electron chi connectivity index (χ1n) is 8.21. The third kappa shape index (κ3) is 6.04. The summed E-state index contributed by atoms with van der Waals surface area (Å²) >= 11 is 0. The average Bonchev–Trinajstić information content (AvgIpc) is 2.44. The minimum atomic E-state index is -0.153. The van der Waals surface area contributed by atoms with Gasteiger partial charge in [0.1, 0.15) is 5.82 Å². The molecule has 3 heteroatoms. The van der Waals surface area contributed by atoms with Crippen molar-refractivity contribution in [1.29, 1.82) is 0 Å². The molecule has 0 radical (unpaired) electrons. The Morgan fingerprint density at radius 3 is 2.48 bits per heavy atom. The van der Waals surface area contributed by atoms with Gasteiger partial charge >= 0.3 is 0 Å². The molecule has 1 unspecified atom stereocenters. The van der Waals surface area contributed by atoms with Gasteiger partial charge in [0, 0.05) is 25.3 Å². The molecule has 0 amide bonds. The Bertz CT molecular complexity index is 418. The van der Waals surface area contributed by atoms with Crippen LogP contribution in [0.2, 0.25) is 0 Å². The normalized spacial score (nSPS) is 12.7. The molecule has 0 spiro atoms. The predicted octanol–water partition coefficient (Wildman–Crippen LogP) is 4.44. The Balaban J connectivity index is 2.87. The monoisotopic (exact) mass is 294 g/mol. The van der Waals surface area contributed by atoms with E-state index in [4.69, 9.17) is 0 Å². The highest BCUT2D eigenvalue weighted by Gasteiger charge is 2.13. The topological polar surface area (TPSA) is 15.3 Å². The van der Waals surface area contributed by atoms with E-state index in [-0.39, 0.29) is 5.82 Å². The second-order valence-corrected chi connectivity index (χ2v) is 6.35. The summed E-state index contributed by atoms with van der Waals surface area (Å²) in [4.78, 5) is 2.36. The Morgan fingerprint density at radius 2 is 1.90 bits per heavy atom. The second-order valence-electron chi connectivity index (χ2n) is 6.35. The Labute approximate surface area is 129 Å². The maximum absolute atomic E-state index is 13.6. The lowest BCUT2D eigenvalue weighted by atomic mass is 10.1. The van der Waals surface area contributed by atoms with Crippen LogP contribution in [0, 0.1) is 17.7 Å². The molecule has 1 aromatic rings. The number of anilines is 1. The van der Waals surface area contributed by atoms with Crippen LogP contribution in [-0.2, 0) is 6.54 Å². The van der Waals surface area contributed by atoms with Crippen molar-refractivity contribution in [2.24, 2.45) is 11.8 Å². The summed E-state index contributed by atoms with van der Waals surface area (Å²) in [6.45, 7) is 14.7. The van der Waals surface area contributed by atoms with E-state index >= 15 is 0 Å². The molecule has 0 fully saturated rings. The highest BCUT2D eigenvalue weighted by atomic mass is 19.1. The van der Waals surface area contributed by atoms with E-state index in [1.54, 1.807) is 12.1 Å². The number of hydrogen-bond donors (Lipinski definition) is 1. The fraction of sp³-hybridized carbons (Fsp3) is 0.667. The van der Waals surface area contributed by atoms with Gasteiger partial charge in [-0.3, -0.25) is 0 Å². The number of hydrogen-bond acceptors (Lipinski definition) is 2. The van der Waals surface area contributed by atoms with Crippen LogP contribution < -0.4 is 10.2 Å². The highest BCUT2D eigenvalue weighted by Crippen LogP contribution is 2.23. The molecule has 1 atom stereocenters. The molecular formula is C18H31FN2. The molecule has 0 aromatic heterocycles. The van der Waals surface area contributed by atoms with E-state index in [1.807, 2.05) is 6.07 Å². The number of benzene rings is 1. The molecule has 0 aliphatic carbocycles. The Kier molecular flexibility index (Phi) is 7.73. The Morgan fingerprint density at radius 1 is 1.19 bits per heavy atom. The molecule has 1 aromatic carbocycles. The fourth-order valence-electron chi connectivity index (χ4n) is 2.40. The molecule has 0 bridgehead atoms. The first kappa shape index (κ1) is 18.0. The second kappa shape index (κ2) is 9.04. The van der Waals surface area contributed by atoms with Crippen LogP contribution in [0.25, 0.3) is 0 Å². The van der Waals surface area contributed by atoms with Crippen LogP contribution in [0.15, 0.2) is 18.2 Å². The molecule has 0 aliphatic rings. The highest BCUT2D eigenvalue weighted by molar-refractivity contribution is 5.54. The molecule has 120 valence electrons. The van der Waals surface area contributed by atoms with Gasteiger partial charge in [-0.25, -0.2) is 4.39 Å². The Hall–Kier alpha value is -1.09. The average molecular weight is 294 g/mol. The van der Waals surface area contributed by atoms with Gasteiger partial charge < -0.3 is 10.2 Å². The summed E-state index contributed by atoms with van der Waals surface area (Å²) < 4.78 is 13.6. The number of nitrogens with one attached hydrogen (secondary N) is 1. The molecule has 0 aliphatic heterocycles. The van der Waals surface area contributed by atoms with Gasteiger partial charge in [0.05, 0.1) is 0 Å². The first-order valence-corrected chi connectivity index (χ1v) is 8.21. The zero-order chi connectivity index (χ0) is 15.8. The lowest BCUT2D eigenvalue weighted by Crippen LogP contribution is -2.30. The predicted molar refractivity (Wildman–Crippen MR) is 90.3 cm³/mol. The maximum atomic E-state index is 13.6. The van der Waals surface area contributed by atoms with Crippen LogP contribution in [0.4, 0.5) is 10.1 Å². The van der Waals surface area contributed by atoms with Crippen molar-refractivity contribution in [3.63, 3.8) is 0 Å². The van der Waals surface area contributed by atoms with E-state index in [0.29, 0.717) is 11.8 Å². The fourth-order valence-corrected chi connectivity index (χ4v) is 2.40. The van der Waals surface area contributed by atoms with Gasteiger partial charge in [0.25, 0.3) is 0 Å². The lowest BCUT2D eigenvalue weighted by Gasteiger charge is -2.28. The molecule has 2 nitrogen and oxygen atoms in total. The number of rotatable bonds is 9. The van der Waals surface area contributed by atoms with Crippen molar-refractivity contribution >= 4 is 5.69 Å². The van der Waals surface area contributed by atoms with E-state index < -0.39 is 0 Å². The van der Waals surface area contributed by atoms with Crippen molar-refractivity contribution in [3.8, 4) is 0 Å². The summed E-state index contributed by atoms with van der Waals surface area (Å²) in [5.41, 5.74) is 2.22. The number of nitrogens with zero attached hydrogens (tertiary/aromatic N) is 1. The van der Waals surface area contributed by atoms with Crippen molar-refractivity contribution in [3.05, 3.63) is 29.6 Å². The van der Waals surface area contributed by atoms with Gasteiger partial charge in [-0.1, -0.05) is 34.1 Å². The van der Waals surface area contributed by atoms with Gasteiger partial charge in [-0.05, 0) is 49.1 Å². The van der Waals surface area contributed by atoms with Crippen molar-refractivity contribution < 1.29 is 4.39 Å². The maximum Gasteiger partial charge on any atom is 0.123 e. The first-order chi connectivity index (χ1) is 9.97. The summed E-state index contributed by atoms with van der Waals surface area (Å²) in [5, 5.41) is 3.42. The van der Waals surface area contributed by atoms with Crippen LogP contribution in [0.3, 0.4) is 0 Å². The summed E-state index contributed by atoms with van der Waals surface area (Å²) in [7, 11) is 0. The minimum absolute atomic E-state index is 0.153. The summed E-state index contributed by atoms with van der Waals surface area (Å²) in [5.74, 6) is 1.09. The van der Waals surface area contributed by atoms with E-state index in [9.17, 15) is 4.39 Å². The van der Waals surface area contributed by atoms with E-state index in [2.05, 4.69) is 44.8 Å². The zero-order valence-electron chi connectivity index (χ0n) is 14.2. The van der Waals surface area contributed by atoms with Crippen LogP contribution in [-0.4, -0.2) is 19.6 Å². The quantitative estimate of drug-likeness (QED) is 0.724. The minimum Gasteiger partial charge on any atom is -0.371 e. The lowest BCUT2D eigenvalue weighted by molar-refractivity contribution is 0.538. The third-order valence-corrected chi connectivity index (χ3v) is 3.86. The zero-order valence-corrected chi connectivity index (χ0v) is 14.2. The largest absolute Gasteiger partial charge is 0.371 e. The van der Waals surface area contributed by atoms with Crippen molar-refractivity contribution in [1.82, 2.24) is 5.32 Å². The van der Waals surface area contributed by atoms with E-state index in [0.717, 1.165) is 37.4 Å². The van der Waals surface area contributed by atoms with E-state index in [1.165, 1.54) is 6.42 Å².